The lowest BCUT2D eigenvalue weighted by Gasteiger charge is -2.11. The standard InChI is InChI=1S/C10H7Br2ClN2O2S2/c11-6-3-5(14)4-7(12)10(6)15-19(16,17)9-2-1-8(13)18-9/h1-4,15H,14H2. The maximum Gasteiger partial charge on any atom is 0.271 e. The summed E-state index contributed by atoms with van der Waals surface area (Å²) in [6.45, 7) is 0. The van der Waals surface area contributed by atoms with Crippen molar-refractivity contribution >= 4 is 76.2 Å². The molecule has 19 heavy (non-hydrogen) atoms. The number of benzene rings is 1. The molecule has 4 nitrogen and oxygen atoms in total. The smallest absolute Gasteiger partial charge is 0.271 e. The van der Waals surface area contributed by atoms with Crippen LogP contribution in [0.15, 0.2) is 37.4 Å². The normalized spacial score (nSPS) is 11.5. The van der Waals surface area contributed by atoms with Gasteiger partial charge in [-0.3, -0.25) is 4.72 Å². The summed E-state index contributed by atoms with van der Waals surface area (Å²) in [4.78, 5) is 0. The fraction of sp³-hybridized carbons (Fsp3) is 0. The highest BCUT2D eigenvalue weighted by molar-refractivity contribution is 9.11. The molecule has 0 amide bonds. The van der Waals surface area contributed by atoms with Crippen LogP contribution >= 0.6 is 54.8 Å². The molecule has 3 N–H and O–H groups in total. The summed E-state index contributed by atoms with van der Waals surface area (Å²) in [5.41, 5.74) is 6.56. The van der Waals surface area contributed by atoms with E-state index < -0.39 is 10.0 Å². The van der Waals surface area contributed by atoms with Gasteiger partial charge in [0.2, 0.25) is 0 Å². The molecule has 1 aromatic heterocycles. The molecular formula is C10H7Br2ClN2O2S2. The Balaban J connectivity index is 2.41. The Morgan fingerprint density at radius 2 is 1.79 bits per heavy atom. The Morgan fingerprint density at radius 3 is 2.26 bits per heavy atom. The van der Waals surface area contributed by atoms with Gasteiger partial charge in [0, 0.05) is 14.6 Å². The maximum absolute atomic E-state index is 12.2. The lowest BCUT2D eigenvalue weighted by molar-refractivity contribution is 0.603. The highest BCUT2D eigenvalue weighted by Gasteiger charge is 2.19. The van der Waals surface area contributed by atoms with E-state index in [0.717, 1.165) is 11.3 Å². The zero-order valence-electron chi connectivity index (χ0n) is 9.15. The van der Waals surface area contributed by atoms with Crippen LogP contribution in [0.5, 0.6) is 0 Å². The van der Waals surface area contributed by atoms with Gasteiger partial charge >= 0.3 is 0 Å². The average molecular weight is 447 g/mol. The van der Waals surface area contributed by atoms with Gasteiger partial charge in [0.15, 0.2) is 0 Å². The molecule has 0 radical (unpaired) electrons. The highest BCUT2D eigenvalue weighted by Crippen LogP contribution is 2.36. The van der Waals surface area contributed by atoms with Crippen LogP contribution in [0.4, 0.5) is 11.4 Å². The number of nitrogens with one attached hydrogen (secondary N) is 1. The number of halogens is 3. The van der Waals surface area contributed by atoms with E-state index in [-0.39, 0.29) is 4.21 Å². The molecule has 9 heteroatoms. The van der Waals surface area contributed by atoms with Crippen molar-refractivity contribution in [2.75, 3.05) is 10.5 Å². The molecule has 1 aromatic carbocycles. The number of hydrogen-bond donors (Lipinski definition) is 2. The predicted octanol–water partition coefficient (Wildman–Crippen LogP) is 4.31. The molecule has 0 fully saturated rings. The maximum atomic E-state index is 12.2. The molecule has 2 aromatic rings. The van der Waals surface area contributed by atoms with Crippen molar-refractivity contribution < 1.29 is 8.42 Å². The summed E-state index contributed by atoms with van der Waals surface area (Å²) >= 11 is 13.3. The second-order valence-electron chi connectivity index (χ2n) is 3.52. The summed E-state index contributed by atoms with van der Waals surface area (Å²) in [6, 6.07) is 6.22. The average Bonchev–Trinajstić information content (AvgIpc) is 2.71. The largest absolute Gasteiger partial charge is 0.399 e. The summed E-state index contributed by atoms with van der Waals surface area (Å²) in [6.07, 6.45) is 0. The zero-order chi connectivity index (χ0) is 14.2. The highest BCUT2D eigenvalue weighted by atomic mass is 79.9. The van der Waals surface area contributed by atoms with Crippen LogP contribution in [-0.2, 0) is 10.0 Å². The first-order chi connectivity index (χ1) is 8.79. The first-order valence-electron chi connectivity index (χ1n) is 4.82. The molecule has 102 valence electrons. The number of nitrogen functional groups attached to an aromatic ring is 1. The van der Waals surface area contributed by atoms with Gasteiger partial charge in [-0.1, -0.05) is 11.6 Å². The van der Waals surface area contributed by atoms with Gasteiger partial charge in [-0.25, -0.2) is 8.42 Å². The third kappa shape index (κ3) is 3.43. The number of sulfonamides is 1. The van der Waals surface area contributed by atoms with Gasteiger partial charge in [0.05, 0.1) is 10.0 Å². The first kappa shape index (κ1) is 15.1. The summed E-state index contributed by atoms with van der Waals surface area (Å²) in [5.74, 6) is 0. The fourth-order valence-corrected chi connectivity index (χ4v) is 5.58. The molecule has 1 heterocycles. The van der Waals surface area contributed by atoms with Crippen LogP contribution in [0.2, 0.25) is 4.34 Å². The number of thiophene rings is 1. The molecule has 0 saturated heterocycles. The molecular weight excluding hydrogens is 440 g/mol. The minimum atomic E-state index is -3.67. The van der Waals surface area contributed by atoms with Crippen LogP contribution in [-0.4, -0.2) is 8.42 Å². The number of hydrogen-bond acceptors (Lipinski definition) is 4. The lowest BCUT2D eigenvalue weighted by Crippen LogP contribution is -2.12. The SMILES string of the molecule is Nc1cc(Br)c(NS(=O)(=O)c2ccc(Cl)s2)c(Br)c1. The molecule has 2 rings (SSSR count). The van der Waals surface area contributed by atoms with Crippen molar-refractivity contribution in [2.24, 2.45) is 0 Å². The van der Waals surface area contributed by atoms with Crippen molar-refractivity contribution in [3.8, 4) is 0 Å². The van der Waals surface area contributed by atoms with Crippen LogP contribution in [0.3, 0.4) is 0 Å². The van der Waals surface area contributed by atoms with Gasteiger partial charge in [0.25, 0.3) is 10.0 Å². The molecule has 0 aliphatic heterocycles. The fourth-order valence-electron chi connectivity index (χ4n) is 1.32. The third-order valence-corrected chi connectivity index (χ3v) is 6.44. The van der Waals surface area contributed by atoms with Crippen LogP contribution in [0.1, 0.15) is 0 Å². The lowest BCUT2D eigenvalue weighted by atomic mass is 10.3. The van der Waals surface area contributed by atoms with Gasteiger partial charge in [0.1, 0.15) is 4.21 Å². The van der Waals surface area contributed by atoms with Gasteiger partial charge < -0.3 is 5.73 Å². The van der Waals surface area contributed by atoms with Gasteiger partial charge in [-0.15, -0.1) is 11.3 Å². The Hall–Kier alpha value is -0.280. The van der Waals surface area contributed by atoms with Crippen LogP contribution < -0.4 is 10.5 Å². The molecule has 0 saturated carbocycles. The summed E-state index contributed by atoms with van der Waals surface area (Å²) in [5, 5.41) is 0. The molecule has 0 aliphatic carbocycles. The van der Waals surface area contributed by atoms with Gasteiger partial charge in [-0.2, -0.15) is 0 Å². The first-order valence-corrected chi connectivity index (χ1v) is 9.08. The number of nitrogens with two attached hydrogens (primary N) is 1. The second-order valence-corrected chi connectivity index (χ2v) is 8.86. The van der Waals surface area contributed by atoms with E-state index in [1.54, 1.807) is 12.1 Å². The number of anilines is 2. The molecule has 0 atom stereocenters. The van der Waals surface area contributed by atoms with E-state index in [4.69, 9.17) is 17.3 Å². The minimum absolute atomic E-state index is 0.146. The van der Waals surface area contributed by atoms with E-state index >= 15 is 0 Å². The van der Waals surface area contributed by atoms with Crippen molar-refractivity contribution in [1.29, 1.82) is 0 Å². The summed E-state index contributed by atoms with van der Waals surface area (Å²) < 4.78 is 28.5. The topological polar surface area (TPSA) is 72.2 Å². The quantitative estimate of drug-likeness (QED) is 0.690. The minimum Gasteiger partial charge on any atom is -0.399 e. The third-order valence-electron chi connectivity index (χ3n) is 2.11. The predicted molar refractivity (Wildman–Crippen MR) is 86.4 cm³/mol. The molecule has 0 aliphatic rings. The van der Waals surface area contributed by atoms with Crippen molar-refractivity contribution in [2.45, 2.75) is 4.21 Å². The number of rotatable bonds is 3. The molecule has 0 bridgehead atoms. The molecule has 0 spiro atoms. The van der Waals surface area contributed by atoms with Crippen LogP contribution in [0, 0.1) is 0 Å². The van der Waals surface area contributed by atoms with Gasteiger partial charge in [-0.05, 0) is 56.1 Å². The Bertz CT molecular complexity index is 708. The van der Waals surface area contributed by atoms with Crippen molar-refractivity contribution in [1.82, 2.24) is 0 Å². The van der Waals surface area contributed by atoms with Crippen molar-refractivity contribution in [3.05, 3.63) is 37.5 Å². The van der Waals surface area contributed by atoms with Crippen molar-refractivity contribution in [3.63, 3.8) is 0 Å². The van der Waals surface area contributed by atoms with E-state index in [2.05, 4.69) is 36.6 Å². The van der Waals surface area contributed by atoms with Crippen LogP contribution in [0.25, 0.3) is 0 Å². The van der Waals surface area contributed by atoms with E-state index in [9.17, 15) is 8.42 Å². The molecule has 0 unspecified atom stereocenters. The second kappa shape index (κ2) is 5.61. The van der Waals surface area contributed by atoms with E-state index in [1.165, 1.54) is 12.1 Å². The Kier molecular flexibility index (Phi) is 4.46. The van der Waals surface area contributed by atoms with E-state index in [1.807, 2.05) is 0 Å². The summed E-state index contributed by atoms with van der Waals surface area (Å²) in [7, 11) is -3.67. The Morgan fingerprint density at radius 1 is 1.21 bits per heavy atom. The monoisotopic (exact) mass is 444 g/mol. The zero-order valence-corrected chi connectivity index (χ0v) is 14.7. The Labute approximate surface area is 136 Å². The van der Waals surface area contributed by atoms with E-state index in [0.29, 0.717) is 24.7 Å².